The van der Waals surface area contributed by atoms with Crippen molar-refractivity contribution >= 4 is 29.1 Å². The second-order valence-corrected chi connectivity index (χ2v) is 7.31. The molecule has 3 aromatic rings. The number of alkyl halides is 3. The van der Waals surface area contributed by atoms with Gasteiger partial charge in [-0.3, -0.25) is 4.79 Å². The molecule has 0 fully saturated rings. The fourth-order valence-electron chi connectivity index (χ4n) is 2.86. The molecule has 1 amide bonds. The lowest BCUT2D eigenvalue weighted by molar-refractivity contribution is -0.138. The fraction of sp³-hybridized carbons (Fsp3) is 0.368. The minimum atomic E-state index is -4.67. The van der Waals surface area contributed by atoms with E-state index in [0.29, 0.717) is 13.0 Å². The van der Waals surface area contributed by atoms with E-state index in [0.717, 1.165) is 29.9 Å². The molecule has 0 bridgehead atoms. The molecule has 1 atom stereocenters. The van der Waals surface area contributed by atoms with E-state index in [-0.39, 0.29) is 24.0 Å². The third-order valence-electron chi connectivity index (χ3n) is 4.46. The quantitative estimate of drug-likeness (QED) is 0.280. The van der Waals surface area contributed by atoms with Crippen LogP contribution in [0, 0.1) is 11.6 Å². The van der Waals surface area contributed by atoms with Crippen molar-refractivity contribution in [2.75, 3.05) is 18.5 Å². The molecule has 0 spiro atoms. The van der Waals surface area contributed by atoms with E-state index in [1.807, 2.05) is 0 Å². The lowest BCUT2D eigenvalue weighted by Crippen LogP contribution is -2.34. The maximum atomic E-state index is 15.0. The molecule has 14 heteroatoms. The molecule has 0 aliphatic heterocycles. The number of nitrogens with one attached hydrogen (secondary N) is 2. The van der Waals surface area contributed by atoms with Crippen LogP contribution in [-0.2, 0) is 4.79 Å². The lowest BCUT2D eigenvalue weighted by Gasteiger charge is -2.21. The fourth-order valence-corrected chi connectivity index (χ4v) is 3.12. The molecule has 178 valence electrons. The van der Waals surface area contributed by atoms with E-state index >= 15 is 0 Å². The highest BCUT2D eigenvalue weighted by atomic mass is 35.5. The van der Waals surface area contributed by atoms with E-state index in [2.05, 4.69) is 25.7 Å². The Morgan fingerprint density at radius 1 is 1.24 bits per heavy atom. The number of rotatable bonds is 8. The highest BCUT2D eigenvalue weighted by molar-refractivity contribution is 6.33. The van der Waals surface area contributed by atoms with Crippen molar-refractivity contribution in [3.05, 3.63) is 35.2 Å². The Balaban J connectivity index is 1.99. The summed E-state index contributed by atoms with van der Waals surface area (Å²) in [5.41, 5.74) is -1.18. The predicted octanol–water partition coefficient (Wildman–Crippen LogP) is 3.99. The molecule has 0 aliphatic carbocycles. The number of ether oxygens (including phenoxy) is 1. The highest BCUT2D eigenvalue weighted by Crippen LogP contribution is 2.39. The van der Waals surface area contributed by atoms with Gasteiger partial charge in [-0.2, -0.15) is 32.8 Å². The maximum absolute atomic E-state index is 15.0. The third-order valence-corrected chi connectivity index (χ3v) is 4.73. The number of hydrogen-bond acceptors (Lipinski definition) is 6. The number of carbonyl (C=O) groups excluding carboxylic acids is 1. The first-order chi connectivity index (χ1) is 15.5. The average Bonchev–Trinajstić information content (AvgIpc) is 3.16. The van der Waals surface area contributed by atoms with Crippen LogP contribution in [0.2, 0.25) is 5.15 Å². The van der Waals surface area contributed by atoms with Gasteiger partial charge in [0.1, 0.15) is 40.7 Å². The summed E-state index contributed by atoms with van der Waals surface area (Å²) in [5.74, 6) is -3.26. The molecule has 2 aromatic heterocycles. The summed E-state index contributed by atoms with van der Waals surface area (Å²) >= 11 is 6.11. The zero-order chi connectivity index (χ0) is 24.3. The van der Waals surface area contributed by atoms with Gasteiger partial charge in [0.05, 0.1) is 17.7 Å². The third kappa shape index (κ3) is 5.59. The van der Waals surface area contributed by atoms with Gasteiger partial charge < -0.3 is 15.4 Å². The number of benzene rings is 1. The summed E-state index contributed by atoms with van der Waals surface area (Å²) in [6, 6.07) is -0.370. The molecule has 0 aliphatic rings. The van der Waals surface area contributed by atoms with E-state index in [1.54, 1.807) is 0 Å². The Morgan fingerprint density at radius 3 is 2.52 bits per heavy atom. The van der Waals surface area contributed by atoms with Gasteiger partial charge in [-0.25, -0.2) is 8.78 Å². The molecule has 3 rings (SSSR count). The molecular weight excluding hydrogens is 475 g/mol. The van der Waals surface area contributed by atoms with Gasteiger partial charge in [0.25, 0.3) is 5.78 Å². The largest absolute Gasteiger partial charge is 0.493 e. The van der Waals surface area contributed by atoms with E-state index in [9.17, 15) is 26.7 Å². The van der Waals surface area contributed by atoms with Crippen LogP contribution in [0.1, 0.15) is 20.3 Å². The van der Waals surface area contributed by atoms with Crippen molar-refractivity contribution in [2.45, 2.75) is 32.5 Å². The molecule has 2 N–H and O–H groups in total. The van der Waals surface area contributed by atoms with Crippen molar-refractivity contribution in [2.24, 2.45) is 0 Å². The number of aromatic nitrogens is 4. The molecule has 8 nitrogen and oxygen atoms in total. The van der Waals surface area contributed by atoms with E-state index < -0.39 is 46.0 Å². The van der Waals surface area contributed by atoms with Gasteiger partial charge in [0.2, 0.25) is 5.91 Å². The Morgan fingerprint density at radius 2 is 1.91 bits per heavy atom. The minimum Gasteiger partial charge on any atom is -0.493 e. The molecule has 0 saturated heterocycles. The topological polar surface area (TPSA) is 93.4 Å². The second-order valence-electron chi connectivity index (χ2n) is 6.95. The van der Waals surface area contributed by atoms with Gasteiger partial charge in [-0.1, -0.05) is 11.6 Å². The van der Waals surface area contributed by atoms with Crippen molar-refractivity contribution in [3.8, 4) is 16.9 Å². The normalized spacial score (nSPS) is 12.6. The molecule has 0 unspecified atom stereocenters. The number of anilines is 1. The SMILES string of the molecule is CC(=O)NCCCOc1cc(F)c(-c2c(Cl)nc3ncnn3c2N[C@@H](C)C(F)(F)F)c(F)c1. The summed E-state index contributed by atoms with van der Waals surface area (Å²) in [4.78, 5) is 18.5. The first-order valence-corrected chi connectivity index (χ1v) is 9.96. The van der Waals surface area contributed by atoms with Crippen LogP contribution >= 0.6 is 11.6 Å². The Labute approximate surface area is 189 Å². The van der Waals surface area contributed by atoms with Crippen molar-refractivity contribution in [1.29, 1.82) is 0 Å². The molecule has 0 radical (unpaired) electrons. The minimum absolute atomic E-state index is 0.0572. The summed E-state index contributed by atoms with van der Waals surface area (Å²) in [5, 5.41) is 8.01. The van der Waals surface area contributed by atoms with Crippen LogP contribution in [0.15, 0.2) is 18.5 Å². The van der Waals surface area contributed by atoms with Crippen LogP contribution in [0.3, 0.4) is 0 Å². The van der Waals surface area contributed by atoms with Crippen LogP contribution < -0.4 is 15.4 Å². The van der Waals surface area contributed by atoms with Gasteiger partial charge in [0.15, 0.2) is 0 Å². The zero-order valence-corrected chi connectivity index (χ0v) is 18.1. The van der Waals surface area contributed by atoms with Crippen molar-refractivity contribution in [3.63, 3.8) is 0 Å². The Bertz CT molecular complexity index is 1150. The van der Waals surface area contributed by atoms with Crippen LogP contribution in [0.5, 0.6) is 5.75 Å². The summed E-state index contributed by atoms with van der Waals surface area (Å²) in [6.45, 7) is 2.54. The predicted molar refractivity (Wildman–Crippen MR) is 109 cm³/mol. The average molecular weight is 493 g/mol. The van der Waals surface area contributed by atoms with Crippen LogP contribution in [0.4, 0.5) is 27.8 Å². The molecule has 2 heterocycles. The first kappa shape index (κ1) is 24.4. The zero-order valence-electron chi connectivity index (χ0n) is 17.3. The number of nitrogens with zero attached hydrogens (tertiary/aromatic N) is 4. The second kappa shape index (κ2) is 9.73. The standard InChI is InChI=1S/C19H18ClF5N6O2/c1-9(19(23,24)25)29-17-15(16(20)30-18-27-8-28-31(17)18)14-12(21)6-11(7-13(14)22)33-5-3-4-26-10(2)32/h6-9,29H,3-5H2,1-2H3,(H,26,32)/t9-/m0/s1. The molecule has 1 aromatic carbocycles. The van der Waals surface area contributed by atoms with Gasteiger partial charge in [0, 0.05) is 25.6 Å². The Kier molecular flexibility index (Phi) is 7.20. The summed E-state index contributed by atoms with van der Waals surface area (Å²) in [6.07, 6.45) is -3.28. The lowest BCUT2D eigenvalue weighted by atomic mass is 10.1. The number of fused-ring (bicyclic) bond motifs is 1. The monoisotopic (exact) mass is 492 g/mol. The molecule has 0 saturated carbocycles. The number of amides is 1. The smallest absolute Gasteiger partial charge is 0.408 e. The first-order valence-electron chi connectivity index (χ1n) is 9.58. The maximum Gasteiger partial charge on any atom is 0.408 e. The van der Waals surface area contributed by atoms with Crippen molar-refractivity contribution < 1.29 is 31.5 Å². The number of hydrogen-bond donors (Lipinski definition) is 2. The van der Waals surface area contributed by atoms with E-state index in [4.69, 9.17) is 16.3 Å². The van der Waals surface area contributed by atoms with Crippen LogP contribution in [0.25, 0.3) is 16.9 Å². The number of carbonyl (C=O) groups is 1. The van der Waals surface area contributed by atoms with Gasteiger partial charge >= 0.3 is 6.18 Å². The van der Waals surface area contributed by atoms with Gasteiger partial charge in [-0.05, 0) is 13.3 Å². The Hall–Kier alpha value is -3.22. The highest BCUT2D eigenvalue weighted by Gasteiger charge is 2.37. The molecule has 33 heavy (non-hydrogen) atoms. The van der Waals surface area contributed by atoms with E-state index in [1.165, 1.54) is 6.92 Å². The van der Waals surface area contributed by atoms with Gasteiger partial charge in [-0.15, -0.1) is 0 Å². The number of halogens is 6. The van der Waals surface area contributed by atoms with Crippen LogP contribution in [-0.4, -0.2) is 50.9 Å². The molecular formula is C19H18ClF5N6O2. The van der Waals surface area contributed by atoms with Crippen molar-refractivity contribution in [1.82, 2.24) is 24.9 Å². The summed E-state index contributed by atoms with van der Waals surface area (Å²) < 4.78 is 75.7. The summed E-state index contributed by atoms with van der Waals surface area (Å²) in [7, 11) is 0.